The first-order valence-corrected chi connectivity index (χ1v) is 11.0. The number of aromatic nitrogens is 3. The summed E-state index contributed by atoms with van der Waals surface area (Å²) in [6.07, 6.45) is 2.28. The van der Waals surface area contributed by atoms with Crippen molar-refractivity contribution in [2.75, 3.05) is 25.9 Å². The number of likely N-dealkylation sites (tertiary alicyclic amines) is 1. The Hall–Kier alpha value is -3.55. The van der Waals surface area contributed by atoms with Gasteiger partial charge in [0.05, 0.1) is 21.9 Å². The van der Waals surface area contributed by atoms with Gasteiger partial charge in [0.1, 0.15) is 6.10 Å². The molecule has 2 N–H and O–H groups in total. The molecule has 0 aliphatic carbocycles. The van der Waals surface area contributed by atoms with Gasteiger partial charge in [0.25, 0.3) is 0 Å². The van der Waals surface area contributed by atoms with E-state index in [1.54, 1.807) is 12.3 Å². The van der Waals surface area contributed by atoms with Crippen LogP contribution in [0.3, 0.4) is 0 Å². The predicted molar refractivity (Wildman–Crippen MR) is 129 cm³/mol. The van der Waals surface area contributed by atoms with Crippen LogP contribution in [0.2, 0.25) is 5.02 Å². The minimum Gasteiger partial charge on any atom is -0.456 e. The Labute approximate surface area is 196 Å². The molecule has 7 nitrogen and oxygen atoms in total. The fraction of sp³-hybridized carbons (Fsp3) is 0.200. The van der Waals surface area contributed by atoms with Gasteiger partial charge in [-0.15, -0.1) is 0 Å². The number of hydrogen-bond donors (Lipinski definition) is 1. The third-order valence-electron chi connectivity index (χ3n) is 5.72. The topological polar surface area (TPSA) is 94.2 Å². The molecule has 0 spiro atoms. The van der Waals surface area contributed by atoms with E-state index in [2.05, 4.69) is 19.9 Å². The van der Waals surface area contributed by atoms with Crippen molar-refractivity contribution in [2.45, 2.75) is 12.5 Å². The second-order valence-corrected chi connectivity index (χ2v) is 8.54. The Morgan fingerprint density at radius 2 is 1.88 bits per heavy atom. The summed E-state index contributed by atoms with van der Waals surface area (Å²) in [5.41, 5.74) is 9.49. The van der Waals surface area contributed by atoms with Crippen LogP contribution in [0, 0.1) is 0 Å². The lowest BCUT2D eigenvalue weighted by Gasteiger charge is -2.15. The molecule has 1 aliphatic heterocycles. The summed E-state index contributed by atoms with van der Waals surface area (Å²) in [4.78, 5) is 28.7. The van der Waals surface area contributed by atoms with E-state index in [1.165, 1.54) is 0 Å². The van der Waals surface area contributed by atoms with Gasteiger partial charge in [0.15, 0.2) is 11.5 Å². The van der Waals surface area contributed by atoms with Crippen LogP contribution in [-0.2, 0) is 4.74 Å². The molecule has 0 bridgehead atoms. The Morgan fingerprint density at radius 3 is 2.64 bits per heavy atom. The van der Waals surface area contributed by atoms with Crippen molar-refractivity contribution in [3.63, 3.8) is 0 Å². The first kappa shape index (κ1) is 21.3. The lowest BCUT2D eigenvalue weighted by atomic mass is 10.0. The number of nitrogen functional groups attached to an aromatic ring is 1. The molecule has 3 heterocycles. The Bertz CT molecular complexity index is 1350. The van der Waals surface area contributed by atoms with E-state index in [0.717, 1.165) is 23.9 Å². The fourth-order valence-electron chi connectivity index (χ4n) is 4.08. The Kier molecular flexibility index (Phi) is 5.66. The second-order valence-electron chi connectivity index (χ2n) is 8.13. The molecule has 1 saturated heterocycles. The van der Waals surface area contributed by atoms with E-state index >= 15 is 0 Å². The van der Waals surface area contributed by atoms with E-state index in [1.807, 2.05) is 55.6 Å². The molecule has 2 aromatic carbocycles. The standard InChI is InChI=1S/C25H22ClN5O2/c1-31-11-9-18(14-31)33-25(32)23-24(27)30-21(15-6-3-2-4-7-15)22(29-23)17-12-16-8-5-10-28-20(16)19(26)13-17/h2-8,10,12-13,18H,9,11,14H2,1H3,(H2,27,30). The summed E-state index contributed by atoms with van der Waals surface area (Å²) in [7, 11) is 1.99. The van der Waals surface area contributed by atoms with Crippen molar-refractivity contribution < 1.29 is 9.53 Å². The summed E-state index contributed by atoms with van der Waals surface area (Å²) in [5.74, 6) is -0.544. The number of ether oxygens (including phenoxy) is 1. The first-order valence-electron chi connectivity index (χ1n) is 10.7. The lowest BCUT2D eigenvalue weighted by molar-refractivity contribution is 0.0321. The third kappa shape index (κ3) is 4.25. The molecule has 1 atom stereocenters. The SMILES string of the molecule is CN1CCC(OC(=O)c2nc(-c3cc(Cl)c4ncccc4c3)c(-c3ccccc3)nc2N)C1. The summed E-state index contributed by atoms with van der Waals surface area (Å²) in [6.45, 7) is 1.56. The van der Waals surface area contributed by atoms with E-state index < -0.39 is 5.97 Å². The van der Waals surface area contributed by atoms with Crippen molar-refractivity contribution in [3.05, 3.63) is 71.5 Å². The molecule has 2 aromatic heterocycles. The van der Waals surface area contributed by atoms with Crippen LogP contribution in [0.1, 0.15) is 16.9 Å². The van der Waals surface area contributed by atoms with Crippen LogP contribution in [-0.4, -0.2) is 52.1 Å². The Balaban J connectivity index is 1.64. The highest BCUT2D eigenvalue weighted by molar-refractivity contribution is 6.35. The van der Waals surface area contributed by atoms with Crippen LogP contribution >= 0.6 is 11.6 Å². The summed E-state index contributed by atoms with van der Waals surface area (Å²) in [6, 6.07) is 17.1. The summed E-state index contributed by atoms with van der Waals surface area (Å²) < 4.78 is 5.68. The van der Waals surface area contributed by atoms with Gasteiger partial charge in [-0.1, -0.05) is 48.0 Å². The summed E-state index contributed by atoms with van der Waals surface area (Å²) in [5, 5.41) is 1.34. The van der Waals surface area contributed by atoms with Crippen molar-refractivity contribution >= 4 is 34.3 Å². The van der Waals surface area contributed by atoms with E-state index in [9.17, 15) is 4.79 Å². The molecule has 166 valence electrons. The number of nitrogens with two attached hydrogens (primary N) is 1. The van der Waals surface area contributed by atoms with Crippen LogP contribution in [0.5, 0.6) is 0 Å². The van der Waals surface area contributed by atoms with Gasteiger partial charge >= 0.3 is 5.97 Å². The van der Waals surface area contributed by atoms with Gasteiger partial charge in [-0.25, -0.2) is 14.8 Å². The first-order chi connectivity index (χ1) is 16.0. The zero-order valence-corrected chi connectivity index (χ0v) is 18.8. The van der Waals surface area contributed by atoms with E-state index in [0.29, 0.717) is 34.0 Å². The van der Waals surface area contributed by atoms with Crippen molar-refractivity contribution in [1.29, 1.82) is 0 Å². The van der Waals surface area contributed by atoms with Crippen molar-refractivity contribution in [2.24, 2.45) is 0 Å². The van der Waals surface area contributed by atoms with Gasteiger partial charge in [0, 0.05) is 35.8 Å². The maximum Gasteiger partial charge on any atom is 0.361 e. The highest BCUT2D eigenvalue weighted by Gasteiger charge is 2.27. The lowest BCUT2D eigenvalue weighted by Crippen LogP contribution is -2.23. The number of fused-ring (bicyclic) bond motifs is 1. The fourth-order valence-corrected chi connectivity index (χ4v) is 4.36. The zero-order chi connectivity index (χ0) is 22.9. The molecule has 1 unspecified atom stereocenters. The molecule has 0 amide bonds. The number of rotatable bonds is 4. The average molecular weight is 460 g/mol. The number of nitrogens with zero attached hydrogens (tertiary/aromatic N) is 4. The minimum absolute atomic E-state index is 0.00152. The molecule has 1 fully saturated rings. The van der Waals surface area contributed by atoms with Gasteiger partial charge in [-0.2, -0.15) is 0 Å². The molecular weight excluding hydrogens is 438 g/mol. The van der Waals surface area contributed by atoms with Gasteiger partial charge < -0.3 is 15.4 Å². The van der Waals surface area contributed by atoms with E-state index in [-0.39, 0.29) is 17.6 Å². The number of benzene rings is 2. The number of esters is 1. The number of carbonyl (C=O) groups excluding carboxylic acids is 1. The largest absolute Gasteiger partial charge is 0.456 e. The highest BCUT2D eigenvalue weighted by atomic mass is 35.5. The number of anilines is 1. The number of pyridine rings is 1. The number of likely N-dealkylation sites (N-methyl/N-ethyl adjacent to an activating group) is 1. The highest BCUT2D eigenvalue weighted by Crippen LogP contribution is 2.35. The second kappa shape index (κ2) is 8.77. The smallest absolute Gasteiger partial charge is 0.361 e. The monoisotopic (exact) mass is 459 g/mol. The molecule has 8 heteroatoms. The van der Waals surface area contributed by atoms with Crippen molar-refractivity contribution in [1.82, 2.24) is 19.9 Å². The Morgan fingerprint density at radius 1 is 1.09 bits per heavy atom. The molecule has 33 heavy (non-hydrogen) atoms. The molecule has 0 radical (unpaired) electrons. The van der Waals surface area contributed by atoms with Gasteiger partial charge in [0.2, 0.25) is 0 Å². The third-order valence-corrected chi connectivity index (χ3v) is 6.01. The predicted octanol–water partition coefficient (Wildman–Crippen LogP) is 4.46. The van der Waals surface area contributed by atoms with Gasteiger partial charge in [-0.05, 0) is 31.7 Å². The maximum atomic E-state index is 13.0. The molecule has 5 rings (SSSR count). The van der Waals surface area contributed by atoms with Crippen molar-refractivity contribution in [3.8, 4) is 22.5 Å². The quantitative estimate of drug-likeness (QED) is 0.450. The molecular formula is C25H22ClN5O2. The molecule has 1 aliphatic rings. The van der Waals surface area contributed by atoms with Crippen LogP contribution < -0.4 is 5.73 Å². The number of hydrogen-bond acceptors (Lipinski definition) is 7. The number of halogens is 1. The van der Waals surface area contributed by atoms with Crippen LogP contribution in [0.4, 0.5) is 5.82 Å². The molecule has 0 saturated carbocycles. The average Bonchev–Trinajstić information content (AvgIpc) is 3.23. The maximum absolute atomic E-state index is 13.0. The van der Waals surface area contributed by atoms with Crippen LogP contribution in [0.15, 0.2) is 60.8 Å². The molecule has 4 aromatic rings. The summed E-state index contributed by atoms with van der Waals surface area (Å²) >= 11 is 6.54. The van der Waals surface area contributed by atoms with Gasteiger partial charge in [-0.3, -0.25) is 4.98 Å². The van der Waals surface area contributed by atoms with Crippen LogP contribution in [0.25, 0.3) is 33.4 Å². The zero-order valence-electron chi connectivity index (χ0n) is 18.0. The number of carbonyl (C=O) groups is 1. The van der Waals surface area contributed by atoms with E-state index in [4.69, 9.17) is 22.1 Å². The minimum atomic E-state index is -0.574. The normalized spacial score (nSPS) is 16.2.